The summed E-state index contributed by atoms with van der Waals surface area (Å²) in [5.74, 6) is -0.317. The van der Waals surface area contributed by atoms with Crippen molar-refractivity contribution < 1.29 is 27.6 Å². The molecule has 0 aliphatic rings. The first kappa shape index (κ1) is 32.0. The number of carboxylic acids is 1. The minimum absolute atomic E-state index is 0.00816. The average molecular weight is 548 g/mol. The molecule has 1 unspecified atom stereocenters. The van der Waals surface area contributed by atoms with Crippen LogP contribution < -0.4 is 0 Å². The van der Waals surface area contributed by atoms with Gasteiger partial charge in [0.05, 0.1) is 13.0 Å². The fourth-order valence-electron chi connectivity index (χ4n) is 4.20. The molecule has 0 saturated heterocycles. The molecular formula is C30H40F3N3O3. The molecule has 0 saturated carbocycles. The number of aliphatic carboxylic acids is 1. The minimum Gasteiger partial charge on any atom is -0.480 e. The van der Waals surface area contributed by atoms with E-state index in [-0.39, 0.29) is 24.3 Å². The zero-order valence-electron chi connectivity index (χ0n) is 23.7. The van der Waals surface area contributed by atoms with Crippen molar-refractivity contribution in [1.82, 2.24) is 15.0 Å². The molecule has 1 aromatic carbocycles. The maximum Gasteiger partial charge on any atom is 0.392 e. The Bertz CT molecular complexity index is 1180. The molecule has 6 nitrogen and oxygen atoms in total. The Morgan fingerprint density at radius 2 is 1.92 bits per heavy atom. The second-order valence-corrected chi connectivity index (χ2v) is 10.4. The number of alkyl halides is 3. The van der Waals surface area contributed by atoms with Gasteiger partial charge in [0.15, 0.2) is 0 Å². The summed E-state index contributed by atoms with van der Waals surface area (Å²) in [6.07, 6.45) is 4.15. The van der Waals surface area contributed by atoms with Crippen molar-refractivity contribution in [3.63, 3.8) is 0 Å². The van der Waals surface area contributed by atoms with E-state index >= 15 is 0 Å². The molecule has 1 heterocycles. The number of rotatable bonds is 14. The third kappa shape index (κ3) is 11.2. The Hall–Kier alpha value is -3.20. The maximum atomic E-state index is 13.3. The molecule has 39 heavy (non-hydrogen) atoms. The summed E-state index contributed by atoms with van der Waals surface area (Å²) in [6, 6.07) is 5.66. The first-order chi connectivity index (χ1) is 18.3. The molecule has 0 radical (unpaired) electrons. The molecule has 1 N–H and O–H groups in total. The monoisotopic (exact) mass is 547 g/mol. The van der Waals surface area contributed by atoms with Gasteiger partial charge in [-0.2, -0.15) is 18.2 Å². The first-order valence-corrected chi connectivity index (χ1v) is 13.3. The van der Waals surface area contributed by atoms with Crippen LogP contribution in [0.4, 0.5) is 13.2 Å². The number of aromatic nitrogens is 2. The second-order valence-electron chi connectivity index (χ2n) is 10.4. The summed E-state index contributed by atoms with van der Waals surface area (Å²) in [5, 5.41) is 13.1. The molecule has 0 amide bonds. The zero-order valence-corrected chi connectivity index (χ0v) is 23.7. The van der Waals surface area contributed by atoms with E-state index in [0.717, 1.165) is 29.5 Å². The van der Waals surface area contributed by atoms with Gasteiger partial charge in [0.1, 0.15) is 0 Å². The summed E-state index contributed by atoms with van der Waals surface area (Å²) in [7, 11) is 1.74. The lowest BCUT2D eigenvalue weighted by atomic mass is 9.95. The smallest absolute Gasteiger partial charge is 0.392 e. The Labute approximate surface area is 229 Å². The fourth-order valence-corrected chi connectivity index (χ4v) is 4.20. The van der Waals surface area contributed by atoms with Gasteiger partial charge in [-0.3, -0.25) is 9.69 Å². The normalized spacial score (nSPS) is 14.1. The molecule has 0 aliphatic heterocycles. The number of halogens is 3. The lowest BCUT2D eigenvalue weighted by molar-refractivity contribution is -0.138. The van der Waals surface area contributed by atoms with Gasteiger partial charge in [-0.15, -0.1) is 0 Å². The van der Waals surface area contributed by atoms with Crippen LogP contribution in [-0.4, -0.2) is 45.9 Å². The standard InChI is InChI=1S/C30H40F3N3O3/c1-7-8-9-10-21(4)15-23(17-30(31,32)33)11-14-26(20(2)3)29-34-28(35-39-29)24-12-13-25(22(5)16-24)18-36(6)19-27(37)38/h9-14,16,20-21H,7-8,15,17-19H2,1-6H3,(H,37,38). The number of carbonyl (C=O) groups is 1. The number of allylic oxidation sites excluding steroid dienone is 6. The van der Waals surface area contributed by atoms with Crippen molar-refractivity contribution in [1.29, 1.82) is 0 Å². The lowest BCUT2D eigenvalue weighted by Gasteiger charge is -2.16. The number of hydrogen-bond donors (Lipinski definition) is 1. The van der Waals surface area contributed by atoms with E-state index < -0.39 is 18.6 Å². The topological polar surface area (TPSA) is 79.5 Å². The second kappa shape index (κ2) is 14.8. The van der Waals surface area contributed by atoms with Crippen LogP contribution in [0.1, 0.15) is 70.4 Å². The van der Waals surface area contributed by atoms with Crippen molar-refractivity contribution in [3.8, 4) is 11.4 Å². The van der Waals surface area contributed by atoms with Crippen molar-refractivity contribution in [3.05, 3.63) is 65.1 Å². The van der Waals surface area contributed by atoms with Gasteiger partial charge in [-0.1, -0.05) is 81.3 Å². The van der Waals surface area contributed by atoms with Crippen LogP contribution in [0.3, 0.4) is 0 Å². The van der Waals surface area contributed by atoms with Gasteiger partial charge in [0.2, 0.25) is 5.82 Å². The van der Waals surface area contributed by atoms with Crippen molar-refractivity contribution in [2.45, 2.75) is 73.0 Å². The average Bonchev–Trinajstić information content (AvgIpc) is 3.28. The highest BCUT2D eigenvalue weighted by molar-refractivity contribution is 5.69. The summed E-state index contributed by atoms with van der Waals surface area (Å²) >= 11 is 0. The predicted octanol–water partition coefficient (Wildman–Crippen LogP) is 7.86. The molecule has 0 aliphatic carbocycles. The molecule has 2 aromatic rings. The molecule has 1 aromatic heterocycles. The number of hydrogen-bond acceptors (Lipinski definition) is 5. The van der Waals surface area contributed by atoms with Crippen LogP contribution in [0, 0.1) is 18.8 Å². The molecule has 0 fully saturated rings. The van der Waals surface area contributed by atoms with E-state index in [2.05, 4.69) is 17.1 Å². The highest BCUT2D eigenvalue weighted by Gasteiger charge is 2.29. The van der Waals surface area contributed by atoms with E-state index in [1.54, 1.807) is 24.1 Å². The number of nitrogens with zero attached hydrogens (tertiary/aromatic N) is 3. The Morgan fingerprint density at radius 3 is 2.51 bits per heavy atom. The van der Waals surface area contributed by atoms with Crippen LogP contribution in [-0.2, 0) is 11.3 Å². The number of unbranched alkanes of at least 4 members (excludes halogenated alkanes) is 1. The van der Waals surface area contributed by atoms with Gasteiger partial charge in [-0.05, 0) is 55.8 Å². The Morgan fingerprint density at radius 1 is 1.21 bits per heavy atom. The predicted molar refractivity (Wildman–Crippen MR) is 148 cm³/mol. The number of benzene rings is 1. The first-order valence-electron chi connectivity index (χ1n) is 13.3. The molecular weight excluding hydrogens is 507 g/mol. The molecule has 214 valence electrons. The number of likely N-dealkylation sites (N-methyl/N-ethyl adjacent to an activating group) is 1. The van der Waals surface area contributed by atoms with Crippen LogP contribution in [0.2, 0.25) is 0 Å². The van der Waals surface area contributed by atoms with Crippen LogP contribution in [0.5, 0.6) is 0 Å². The number of aryl methyl sites for hydroxylation is 1. The van der Waals surface area contributed by atoms with Gasteiger partial charge < -0.3 is 9.63 Å². The molecule has 1 atom stereocenters. The van der Waals surface area contributed by atoms with Crippen LogP contribution in [0.25, 0.3) is 17.0 Å². The van der Waals surface area contributed by atoms with Gasteiger partial charge in [0, 0.05) is 17.7 Å². The van der Waals surface area contributed by atoms with Crippen molar-refractivity contribution in [2.24, 2.45) is 11.8 Å². The Kier molecular flexibility index (Phi) is 12.2. The zero-order chi connectivity index (χ0) is 29.2. The van der Waals surface area contributed by atoms with E-state index in [4.69, 9.17) is 9.63 Å². The third-order valence-corrected chi connectivity index (χ3v) is 6.17. The summed E-state index contributed by atoms with van der Waals surface area (Å²) < 4.78 is 45.4. The van der Waals surface area contributed by atoms with E-state index in [1.807, 2.05) is 58.0 Å². The maximum absolute atomic E-state index is 13.3. The van der Waals surface area contributed by atoms with Crippen LogP contribution in [0.15, 0.2) is 52.6 Å². The third-order valence-electron chi connectivity index (χ3n) is 6.17. The van der Waals surface area contributed by atoms with Crippen LogP contribution >= 0.6 is 0 Å². The summed E-state index contributed by atoms with van der Waals surface area (Å²) in [4.78, 5) is 17.2. The lowest BCUT2D eigenvalue weighted by Crippen LogP contribution is -2.25. The minimum atomic E-state index is -4.30. The van der Waals surface area contributed by atoms with E-state index in [1.165, 1.54) is 0 Å². The molecule has 2 rings (SSSR count). The van der Waals surface area contributed by atoms with Gasteiger partial charge in [0.25, 0.3) is 5.89 Å². The molecule has 9 heteroatoms. The fraction of sp³-hybridized carbons (Fsp3) is 0.500. The summed E-state index contributed by atoms with van der Waals surface area (Å²) in [6.45, 7) is 10.2. The SMILES string of the molecule is CCCC=CC(C)CC(=CC=C(c1nc(-c2ccc(CN(C)CC(=O)O)c(C)c2)no1)C(C)C)CC(F)(F)F. The van der Waals surface area contributed by atoms with Gasteiger partial charge >= 0.3 is 12.1 Å². The highest BCUT2D eigenvalue weighted by atomic mass is 19.4. The van der Waals surface area contributed by atoms with Crippen molar-refractivity contribution in [2.75, 3.05) is 13.6 Å². The van der Waals surface area contributed by atoms with E-state index in [0.29, 0.717) is 29.9 Å². The summed E-state index contributed by atoms with van der Waals surface area (Å²) in [5.41, 5.74) is 3.63. The van der Waals surface area contributed by atoms with Crippen molar-refractivity contribution >= 4 is 11.5 Å². The molecule has 0 bridgehead atoms. The Balaban J connectivity index is 2.30. The van der Waals surface area contributed by atoms with E-state index in [9.17, 15) is 18.0 Å². The quantitative estimate of drug-likeness (QED) is 0.192. The number of carboxylic acid groups (broad SMARTS) is 1. The largest absolute Gasteiger partial charge is 0.480 e. The molecule has 0 spiro atoms. The van der Waals surface area contributed by atoms with Gasteiger partial charge in [-0.25, -0.2) is 0 Å². The highest BCUT2D eigenvalue weighted by Crippen LogP contribution is 2.31.